The highest BCUT2D eigenvalue weighted by atomic mass is 16.5. The molecule has 0 aliphatic carbocycles. The number of ether oxygens (including phenoxy) is 1. The predicted molar refractivity (Wildman–Crippen MR) is 88.6 cm³/mol. The summed E-state index contributed by atoms with van der Waals surface area (Å²) < 4.78 is 7.10. The van der Waals surface area contributed by atoms with E-state index in [-0.39, 0.29) is 12.0 Å². The maximum absolute atomic E-state index is 12.1. The Bertz CT molecular complexity index is 882. The van der Waals surface area contributed by atoms with Crippen molar-refractivity contribution < 1.29 is 9.53 Å². The Morgan fingerprint density at radius 1 is 1.21 bits per heavy atom. The van der Waals surface area contributed by atoms with Crippen LogP contribution in [0.2, 0.25) is 0 Å². The molecule has 7 nitrogen and oxygen atoms in total. The van der Waals surface area contributed by atoms with Crippen LogP contribution < -0.4 is 5.32 Å². The summed E-state index contributed by atoms with van der Waals surface area (Å²) in [6.45, 7) is 2.52. The maximum atomic E-state index is 12.1. The van der Waals surface area contributed by atoms with Crippen LogP contribution in [0.25, 0.3) is 16.9 Å². The Morgan fingerprint density at radius 3 is 2.79 bits per heavy atom. The van der Waals surface area contributed by atoms with Gasteiger partial charge in [-0.25, -0.2) is 0 Å². The van der Waals surface area contributed by atoms with E-state index in [0.29, 0.717) is 6.61 Å². The summed E-state index contributed by atoms with van der Waals surface area (Å²) in [5.41, 5.74) is 3.25. The summed E-state index contributed by atoms with van der Waals surface area (Å²) in [4.78, 5) is 12.1. The SMILES string of the molecule is Cc1nnc2ccc(-c3ccc(NC(=O)C4CCCO4)cc3)nn12. The summed E-state index contributed by atoms with van der Waals surface area (Å²) in [5, 5.41) is 15.5. The molecule has 1 aliphatic heterocycles. The lowest BCUT2D eigenvalue weighted by atomic mass is 10.1. The number of hydrogen-bond acceptors (Lipinski definition) is 5. The predicted octanol–water partition coefficient (Wildman–Crippen LogP) is 2.22. The molecule has 4 rings (SSSR count). The highest BCUT2D eigenvalue weighted by molar-refractivity contribution is 5.94. The van der Waals surface area contributed by atoms with E-state index in [1.165, 1.54) is 0 Å². The fourth-order valence-electron chi connectivity index (χ4n) is 2.78. The van der Waals surface area contributed by atoms with Gasteiger partial charge < -0.3 is 10.1 Å². The minimum atomic E-state index is -0.328. The Hall–Kier alpha value is -2.80. The van der Waals surface area contributed by atoms with Crippen molar-refractivity contribution in [2.75, 3.05) is 11.9 Å². The molecule has 3 heterocycles. The second kappa shape index (κ2) is 6.01. The molecule has 1 atom stereocenters. The van der Waals surface area contributed by atoms with Gasteiger partial charge in [0.15, 0.2) is 11.5 Å². The average Bonchev–Trinajstić information content (AvgIpc) is 3.26. The van der Waals surface area contributed by atoms with Gasteiger partial charge in [0, 0.05) is 17.9 Å². The van der Waals surface area contributed by atoms with Crippen LogP contribution in [0.1, 0.15) is 18.7 Å². The highest BCUT2D eigenvalue weighted by Gasteiger charge is 2.23. The average molecular weight is 323 g/mol. The number of nitrogens with one attached hydrogen (secondary N) is 1. The zero-order valence-corrected chi connectivity index (χ0v) is 13.3. The number of hydrogen-bond donors (Lipinski definition) is 1. The normalized spacial score (nSPS) is 17.3. The molecule has 0 bridgehead atoms. The van der Waals surface area contributed by atoms with E-state index in [4.69, 9.17) is 4.74 Å². The summed E-state index contributed by atoms with van der Waals surface area (Å²) in [6.07, 6.45) is 1.39. The molecule has 1 aliphatic rings. The van der Waals surface area contributed by atoms with Gasteiger partial charge >= 0.3 is 0 Å². The minimum Gasteiger partial charge on any atom is -0.368 e. The molecular formula is C17H17N5O2. The van der Waals surface area contributed by atoms with Crippen molar-refractivity contribution in [1.29, 1.82) is 0 Å². The van der Waals surface area contributed by atoms with Crippen molar-refractivity contribution in [3.05, 3.63) is 42.2 Å². The Morgan fingerprint density at radius 2 is 2.04 bits per heavy atom. The van der Waals surface area contributed by atoms with E-state index in [1.54, 1.807) is 4.52 Å². The molecule has 1 saturated heterocycles. The van der Waals surface area contributed by atoms with Gasteiger partial charge in [0.05, 0.1) is 5.69 Å². The first-order chi connectivity index (χ1) is 11.7. The van der Waals surface area contributed by atoms with Crippen molar-refractivity contribution in [3.8, 4) is 11.3 Å². The lowest BCUT2D eigenvalue weighted by Gasteiger charge is -2.10. The van der Waals surface area contributed by atoms with E-state index < -0.39 is 0 Å². The highest BCUT2D eigenvalue weighted by Crippen LogP contribution is 2.21. The minimum absolute atomic E-state index is 0.0834. The number of anilines is 1. The van der Waals surface area contributed by atoms with Gasteiger partial charge in [-0.05, 0) is 44.0 Å². The quantitative estimate of drug-likeness (QED) is 0.799. The van der Waals surface area contributed by atoms with Crippen molar-refractivity contribution in [2.24, 2.45) is 0 Å². The fraction of sp³-hybridized carbons (Fsp3) is 0.294. The van der Waals surface area contributed by atoms with Crippen LogP contribution in [0.5, 0.6) is 0 Å². The van der Waals surface area contributed by atoms with Gasteiger partial charge in [0.2, 0.25) is 0 Å². The molecule has 1 fully saturated rings. The van der Waals surface area contributed by atoms with Gasteiger partial charge in [-0.3, -0.25) is 4.79 Å². The van der Waals surface area contributed by atoms with Crippen LogP contribution in [-0.4, -0.2) is 38.4 Å². The van der Waals surface area contributed by atoms with Gasteiger partial charge in [-0.1, -0.05) is 12.1 Å². The second-order valence-corrected chi connectivity index (χ2v) is 5.80. The molecule has 2 aromatic heterocycles. The summed E-state index contributed by atoms with van der Waals surface area (Å²) in [6, 6.07) is 11.4. The lowest BCUT2D eigenvalue weighted by Crippen LogP contribution is -2.26. The molecule has 0 radical (unpaired) electrons. The Balaban J connectivity index is 1.53. The summed E-state index contributed by atoms with van der Waals surface area (Å²) in [7, 11) is 0. The number of nitrogens with zero attached hydrogens (tertiary/aromatic N) is 4. The molecule has 0 saturated carbocycles. The van der Waals surface area contributed by atoms with Gasteiger partial charge in [0.25, 0.3) is 5.91 Å². The summed E-state index contributed by atoms with van der Waals surface area (Å²) >= 11 is 0. The molecule has 122 valence electrons. The monoisotopic (exact) mass is 323 g/mol. The smallest absolute Gasteiger partial charge is 0.253 e. The van der Waals surface area contributed by atoms with Gasteiger partial charge in [-0.15, -0.1) is 10.2 Å². The molecule has 24 heavy (non-hydrogen) atoms. The number of aromatic nitrogens is 4. The third-order valence-electron chi connectivity index (χ3n) is 4.09. The molecule has 3 aromatic rings. The summed E-state index contributed by atoms with van der Waals surface area (Å²) in [5.74, 6) is 0.659. The van der Waals surface area contributed by atoms with Crippen LogP contribution in [-0.2, 0) is 9.53 Å². The zero-order valence-electron chi connectivity index (χ0n) is 13.3. The first kappa shape index (κ1) is 14.8. The first-order valence-electron chi connectivity index (χ1n) is 7.93. The van der Waals surface area contributed by atoms with E-state index >= 15 is 0 Å². The first-order valence-corrected chi connectivity index (χ1v) is 7.93. The van der Waals surface area contributed by atoms with Crippen LogP contribution >= 0.6 is 0 Å². The zero-order chi connectivity index (χ0) is 16.5. The maximum Gasteiger partial charge on any atom is 0.253 e. The van der Waals surface area contributed by atoms with E-state index in [2.05, 4.69) is 20.6 Å². The lowest BCUT2D eigenvalue weighted by molar-refractivity contribution is -0.124. The molecule has 0 spiro atoms. The van der Waals surface area contributed by atoms with Crippen molar-refractivity contribution in [1.82, 2.24) is 19.8 Å². The number of amides is 1. The van der Waals surface area contributed by atoms with Crippen LogP contribution in [0.3, 0.4) is 0 Å². The third-order valence-corrected chi connectivity index (χ3v) is 4.09. The molecule has 1 aromatic carbocycles. The number of benzene rings is 1. The van der Waals surface area contributed by atoms with E-state index in [0.717, 1.165) is 41.3 Å². The molecule has 1 amide bonds. The molecule has 7 heteroatoms. The Kier molecular flexibility index (Phi) is 3.70. The van der Waals surface area contributed by atoms with E-state index in [9.17, 15) is 4.79 Å². The number of rotatable bonds is 3. The second-order valence-electron chi connectivity index (χ2n) is 5.80. The largest absolute Gasteiger partial charge is 0.368 e. The molecule has 1 N–H and O–H groups in total. The number of aryl methyl sites for hydroxylation is 1. The third kappa shape index (κ3) is 2.74. The van der Waals surface area contributed by atoms with Crippen molar-refractivity contribution in [3.63, 3.8) is 0 Å². The molecule has 1 unspecified atom stereocenters. The standard InChI is InChI=1S/C17H17N5O2/c1-11-19-20-16-9-8-14(21-22(11)16)12-4-6-13(7-5-12)18-17(23)15-3-2-10-24-15/h4-9,15H,2-3,10H2,1H3,(H,18,23). The van der Waals surface area contributed by atoms with Crippen molar-refractivity contribution in [2.45, 2.75) is 25.9 Å². The van der Waals surface area contributed by atoms with E-state index in [1.807, 2.05) is 43.3 Å². The topological polar surface area (TPSA) is 81.4 Å². The molecular weight excluding hydrogens is 306 g/mol. The van der Waals surface area contributed by atoms with Crippen molar-refractivity contribution >= 4 is 17.2 Å². The fourth-order valence-corrected chi connectivity index (χ4v) is 2.78. The van der Waals surface area contributed by atoms with Crippen LogP contribution in [0, 0.1) is 6.92 Å². The van der Waals surface area contributed by atoms with Crippen LogP contribution in [0.4, 0.5) is 5.69 Å². The van der Waals surface area contributed by atoms with Gasteiger partial charge in [-0.2, -0.15) is 9.61 Å². The number of fused-ring (bicyclic) bond motifs is 1. The van der Waals surface area contributed by atoms with Crippen LogP contribution in [0.15, 0.2) is 36.4 Å². The Labute approximate surface area is 138 Å². The van der Waals surface area contributed by atoms with Gasteiger partial charge in [0.1, 0.15) is 6.10 Å². The number of carbonyl (C=O) groups is 1. The number of carbonyl (C=O) groups excluding carboxylic acids is 1.